The molecule has 1 aliphatic rings. The quantitative estimate of drug-likeness (QED) is 0.297. The Morgan fingerprint density at radius 3 is 2.32 bits per heavy atom. The molecule has 0 radical (unpaired) electrons. The van der Waals surface area contributed by atoms with E-state index < -0.39 is 0 Å². The van der Waals surface area contributed by atoms with Crippen LogP contribution >= 0.6 is 0 Å². The van der Waals surface area contributed by atoms with E-state index in [0.29, 0.717) is 18.8 Å². The van der Waals surface area contributed by atoms with Gasteiger partial charge in [0, 0.05) is 49.7 Å². The van der Waals surface area contributed by atoms with Crippen LogP contribution in [0.5, 0.6) is 5.75 Å². The average molecular weight is 503 g/mol. The predicted octanol–water partition coefficient (Wildman–Crippen LogP) is 5.97. The first kappa shape index (κ1) is 23.8. The van der Waals surface area contributed by atoms with Crippen LogP contribution in [-0.4, -0.2) is 53.6 Å². The number of anilines is 1. The summed E-state index contributed by atoms with van der Waals surface area (Å²) in [6, 6.07) is 31.0. The second-order valence-electron chi connectivity index (χ2n) is 9.70. The van der Waals surface area contributed by atoms with Gasteiger partial charge in [0.2, 0.25) is 0 Å². The number of fused-ring (bicyclic) bond motifs is 1. The van der Waals surface area contributed by atoms with Crippen molar-refractivity contribution in [2.75, 3.05) is 38.2 Å². The maximum atomic E-state index is 13.6. The second-order valence-corrected chi connectivity index (χ2v) is 9.70. The van der Waals surface area contributed by atoms with Crippen LogP contribution in [0.15, 0.2) is 97.2 Å². The summed E-state index contributed by atoms with van der Waals surface area (Å²) >= 11 is 0. The molecule has 1 saturated heterocycles. The summed E-state index contributed by atoms with van der Waals surface area (Å²) in [5, 5.41) is 2.47. The van der Waals surface area contributed by atoms with E-state index >= 15 is 0 Å². The second kappa shape index (κ2) is 10.1. The van der Waals surface area contributed by atoms with Crippen molar-refractivity contribution in [3.63, 3.8) is 0 Å². The van der Waals surface area contributed by atoms with Gasteiger partial charge in [0.05, 0.1) is 12.8 Å². The van der Waals surface area contributed by atoms with E-state index in [1.807, 2.05) is 52.1 Å². The van der Waals surface area contributed by atoms with Crippen molar-refractivity contribution in [3.05, 3.63) is 108 Å². The van der Waals surface area contributed by atoms with Crippen LogP contribution in [0.1, 0.15) is 16.1 Å². The zero-order valence-electron chi connectivity index (χ0n) is 21.7. The molecule has 0 saturated carbocycles. The number of hydrogen-bond donors (Lipinski definition) is 0. The van der Waals surface area contributed by atoms with Crippen molar-refractivity contribution in [3.8, 4) is 22.8 Å². The van der Waals surface area contributed by atoms with Gasteiger partial charge in [0.15, 0.2) is 0 Å². The van der Waals surface area contributed by atoms with E-state index in [1.54, 1.807) is 7.11 Å². The van der Waals surface area contributed by atoms with Crippen LogP contribution in [0.25, 0.3) is 27.8 Å². The molecule has 4 aromatic carbocycles. The molecule has 6 rings (SSSR count). The highest BCUT2D eigenvalue weighted by Crippen LogP contribution is 2.27. The number of benzene rings is 4. The number of amides is 1. The van der Waals surface area contributed by atoms with E-state index in [1.165, 1.54) is 22.0 Å². The lowest BCUT2D eigenvalue weighted by atomic mass is 10.1. The molecule has 1 aromatic heterocycles. The fraction of sp³-hybridized carbons (Fsp3) is 0.188. The summed E-state index contributed by atoms with van der Waals surface area (Å²) in [4.78, 5) is 22.7. The molecule has 0 spiro atoms. The molecular formula is C32H30N4O2. The van der Waals surface area contributed by atoms with Gasteiger partial charge in [-0.3, -0.25) is 9.36 Å². The molecule has 6 nitrogen and oxygen atoms in total. The van der Waals surface area contributed by atoms with Gasteiger partial charge in [0.25, 0.3) is 5.91 Å². The zero-order chi connectivity index (χ0) is 26.1. The summed E-state index contributed by atoms with van der Waals surface area (Å²) in [5.41, 5.74) is 4.67. The third-order valence-corrected chi connectivity index (χ3v) is 7.23. The molecule has 38 heavy (non-hydrogen) atoms. The van der Waals surface area contributed by atoms with Gasteiger partial charge >= 0.3 is 0 Å². The number of aromatic nitrogens is 2. The molecule has 1 amide bonds. The Labute approximate surface area is 222 Å². The Morgan fingerprint density at radius 2 is 1.55 bits per heavy atom. The smallest absolute Gasteiger partial charge is 0.274 e. The third-order valence-electron chi connectivity index (χ3n) is 7.23. The maximum Gasteiger partial charge on any atom is 0.274 e. The van der Waals surface area contributed by atoms with Crippen LogP contribution in [0.4, 0.5) is 5.69 Å². The Hall–Kier alpha value is -4.58. The Balaban J connectivity index is 1.25. The fourth-order valence-corrected chi connectivity index (χ4v) is 5.05. The summed E-state index contributed by atoms with van der Waals surface area (Å²) < 4.78 is 7.42. The van der Waals surface area contributed by atoms with Gasteiger partial charge < -0.3 is 14.5 Å². The molecule has 0 N–H and O–H groups in total. The van der Waals surface area contributed by atoms with Crippen LogP contribution in [0.3, 0.4) is 0 Å². The Bertz CT molecular complexity index is 1600. The number of methoxy groups -OCH3 is 1. The van der Waals surface area contributed by atoms with Gasteiger partial charge in [-0.1, -0.05) is 66.2 Å². The van der Waals surface area contributed by atoms with Gasteiger partial charge in [0.1, 0.15) is 17.3 Å². The van der Waals surface area contributed by atoms with Crippen LogP contribution < -0.4 is 9.64 Å². The summed E-state index contributed by atoms with van der Waals surface area (Å²) in [7, 11) is 1.65. The number of ether oxygens (including phenoxy) is 1. The Kier molecular flexibility index (Phi) is 6.30. The third kappa shape index (κ3) is 4.61. The maximum absolute atomic E-state index is 13.6. The van der Waals surface area contributed by atoms with Crippen molar-refractivity contribution >= 4 is 22.4 Å². The topological polar surface area (TPSA) is 50.6 Å². The number of nitrogens with zero attached hydrogens (tertiary/aromatic N) is 4. The standard InChI is InChI=1S/C32H30N4O2/c1-23-10-12-25(13-11-23)31-33-30(22-36(31)28-8-5-9-29(21-28)38-2)32(37)35-18-16-34(17-19-35)27-15-14-24-6-3-4-7-26(24)20-27/h3-15,20-22H,16-19H2,1-2H3. The molecule has 0 atom stereocenters. The Morgan fingerprint density at radius 1 is 0.789 bits per heavy atom. The number of carbonyl (C=O) groups is 1. The highest BCUT2D eigenvalue weighted by atomic mass is 16.5. The average Bonchev–Trinajstić information content (AvgIpc) is 3.42. The predicted molar refractivity (Wildman–Crippen MR) is 152 cm³/mol. The number of imidazole rings is 1. The number of aryl methyl sites for hydroxylation is 1. The van der Waals surface area contributed by atoms with E-state index in [-0.39, 0.29) is 5.91 Å². The van der Waals surface area contributed by atoms with Crippen LogP contribution in [0.2, 0.25) is 0 Å². The first-order chi connectivity index (χ1) is 18.6. The van der Waals surface area contributed by atoms with Crippen LogP contribution in [0, 0.1) is 6.92 Å². The largest absolute Gasteiger partial charge is 0.497 e. The summed E-state index contributed by atoms with van der Waals surface area (Å²) in [6.07, 6.45) is 1.85. The van der Waals surface area contributed by atoms with Gasteiger partial charge in [-0.2, -0.15) is 0 Å². The van der Waals surface area contributed by atoms with Crippen molar-refractivity contribution in [1.82, 2.24) is 14.5 Å². The molecular weight excluding hydrogens is 472 g/mol. The molecule has 1 fully saturated rings. The minimum Gasteiger partial charge on any atom is -0.497 e. The highest BCUT2D eigenvalue weighted by molar-refractivity contribution is 5.93. The molecule has 0 aliphatic carbocycles. The lowest BCUT2D eigenvalue weighted by molar-refractivity contribution is 0.0741. The molecule has 0 bridgehead atoms. The monoisotopic (exact) mass is 502 g/mol. The normalized spacial score (nSPS) is 13.6. The molecule has 6 heteroatoms. The lowest BCUT2D eigenvalue weighted by Gasteiger charge is -2.36. The van der Waals surface area contributed by atoms with E-state index in [0.717, 1.165) is 35.9 Å². The lowest BCUT2D eigenvalue weighted by Crippen LogP contribution is -2.48. The van der Waals surface area contributed by atoms with Crippen molar-refractivity contribution in [2.24, 2.45) is 0 Å². The van der Waals surface area contributed by atoms with E-state index in [9.17, 15) is 4.79 Å². The SMILES string of the molecule is COc1cccc(-n2cc(C(=O)N3CCN(c4ccc5ccccc5c4)CC3)nc2-c2ccc(C)cc2)c1. The van der Waals surface area contributed by atoms with Crippen LogP contribution in [-0.2, 0) is 0 Å². The van der Waals surface area contributed by atoms with Crippen molar-refractivity contribution in [2.45, 2.75) is 6.92 Å². The molecule has 5 aromatic rings. The minimum atomic E-state index is -0.0434. The fourth-order valence-electron chi connectivity index (χ4n) is 5.05. The van der Waals surface area contributed by atoms with Crippen molar-refractivity contribution in [1.29, 1.82) is 0 Å². The molecule has 190 valence electrons. The number of rotatable bonds is 5. The van der Waals surface area contributed by atoms with Gasteiger partial charge in [-0.25, -0.2) is 4.98 Å². The number of carbonyl (C=O) groups excluding carboxylic acids is 1. The summed E-state index contributed by atoms with van der Waals surface area (Å²) in [6.45, 7) is 4.93. The van der Waals surface area contributed by atoms with Gasteiger partial charge in [-0.05, 0) is 42.0 Å². The van der Waals surface area contributed by atoms with E-state index in [2.05, 4.69) is 66.4 Å². The molecule has 1 aliphatic heterocycles. The zero-order valence-corrected chi connectivity index (χ0v) is 21.7. The van der Waals surface area contributed by atoms with Gasteiger partial charge in [-0.15, -0.1) is 0 Å². The number of piperazine rings is 1. The molecule has 0 unspecified atom stereocenters. The first-order valence-corrected chi connectivity index (χ1v) is 12.9. The molecule has 2 heterocycles. The van der Waals surface area contributed by atoms with Crippen molar-refractivity contribution < 1.29 is 9.53 Å². The van der Waals surface area contributed by atoms with E-state index in [4.69, 9.17) is 9.72 Å². The summed E-state index contributed by atoms with van der Waals surface area (Å²) in [5.74, 6) is 1.44. The number of hydrogen-bond acceptors (Lipinski definition) is 4. The highest BCUT2D eigenvalue weighted by Gasteiger charge is 2.26. The minimum absolute atomic E-state index is 0.0434. The first-order valence-electron chi connectivity index (χ1n) is 12.9.